The monoisotopic (exact) mass is 572 g/mol. The number of hydrogen-bond donors (Lipinski definition) is 0. The molecule has 0 aliphatic rings. The van der Waals surface area contributed by atoms with Gasteiger partial charge in [0.1, 0.15) is 49.8 Å². The summed E-state index contributed by atoms with van der Waals surface area (Å²) in [6.07, 6.45) is -1.92. The zero-order valence-electron chi connectivity index (χ0n) is 24.6. The van der Waals surface area contributed by atoms with Crippen molar-refractivity contribution < 1.29 is 47.6 Å². The first-order valence-electron chi connectivity index (χ1n) is 13.6. The van der Waals surface area contributed by atoms with Crippen molar-refractivity contribution >= 4 is 23.9 Å². The summed E-state index contributed by atoms with van der Waals surface area (Å²) in [6, 6.07) is 15.3. The molecule has 0 spiro atoms. The fourth-order valence-electron chi connectivity index (χ4n) is 3.79. The fourth-order valence-corrected chi connectivity index (χ4v) is 3.79. The highest BCUT2D eigenvalue weighted by Crippen LogP contribution is 2.33. The molecule has 0 bridgehead atoms. The predicted octanol–water partition coefficient (Wildman–Crippen LogP) is 4.54. The molecular weight excluding hydrogens is 532 g/mol. The summed E-state index contributed by atoms with van der Waals surface area (Å²) in [5, 5.41) is 0. The molecule has 0 N–H and O–H groups in total. The number of ether oxygens (including phenoxy) is 6. The van der Waals surface area contributed by atoms with Gasteiger partial charge in [0.15, 0.2) is 0 Å². The quantitative estimate of drug-likeness (QED) is 0.161. The fraction of sp³-hybridized carbons (Fsp3) is 0.484. The Labute approximate surface area is 241 Å². The van der Waals surface area contributed by atoms with Crippen LogP contribution >= 0.6 is 0 Å². The van der Waals surface area contributed by atoms with Crippen LogP contribution in [0.1, 0.15) is 65.5 Å². The standard InChI is InChI=1S/C31H40O10/c1-7-36-27(32)17-29(34)40-21(3)19-38-25-13-9-23(10-14-25)31(5,6)24-11-15-26(16-12-24)39-20-22(4)41-30(35)18-28(33)37-8-2/h9-16,21-22H,7-8,17-20H2,1-6H3. The molecule has 2 atom stereocenters. The van der Waals surface area contributed by atoms with E-state index in [1.54, 1.807) is 27.7 Å². The van der Waals surface area contributed by atoms with Crippen molar-refractivity contribution in [1.82, 2.24) is 0 Å². The largest absolute Gasteiger partial charge is 0.490 e. The molecule has 41 heavy (non-hydrogen) atoms. The van der Waals surface area contributed by atoms with Gasteiger partial charge in [-0.2, -0.15) is 0 Å². The van der Waals surface area contributed by atoms with Crippen LogP contribution in [0.25, 0.3) is 0 Å². The molecule has 0 saturated carbocycles. The molecule has 2 aromatic rings. The summed E-state index contributed by atoms with van der Waals surface area (Å²) in [5.74, 6) is -1.30. The molecule has 0 fully saturated rings. The normalized spacial score (nSPS) is 12.4. The Morgan fingerprint density at radius 2 is 0.951 bits per heavy atom. The topological polar surface area (TPSA) is 124 Å². The number of esters is 4. The summed E-state index contributed by atoms with van der Waals surface area (Å²) in [7, 11) is 0. The SMILES string of the molecule is CCOC(=O)CC(=O)OC(C)COc1ccc(C(C)(C)c2ccc(OCC(C)OC(=O)CC(=O)OCC)cc2)cc1. The van der Waals surface area contributed by atoms with E-state index >= 15 is 0 Å². The molecule has 0 amide bonds. The predicted molar refractivity (Wildman–Crippen MR) is 150 cm³/mol. The van der Waals surface area contributed by atoms with Gasteiger partial charge in [0.25, 0.3) is 0 Å². The smallest absolute Gasteiger partial charge is 0.317 e. The van der Waals surface area contributed by atoms with Crippen LogP contribution in [-0.4, -0.2) is 62.5 Å². The lowest BCUT2D eigenvalue weighted by atomic mass is 9.78. The molecule has 2 rings (SSSR count). The Morgan fingerprint density at radius 3 is 1.27 bits per heavy atom. The van der Waals surface area contributed by atoms with Crippen molar-refractivity contribution in [3.63, 3.8) is 0 Å². The van der Waals surface area contributed by atoms with Crippen LogP contribution in [0.15, 0.2) is 48.5 Å². The molecule has 0 aromatic heterocycles. The van der Waals surface area contributed by atoms with E-state index in [2.05, 4.69) is 13.8 Å². The lowest BCUT2D eigenvalue weighted by molar-refractivity contribution is -0.159. The Morgan fingerprint density at radius 1 is 0.610 bits per heavy atom. The number of rotatable bonds is 16. The van der Waals surface area contributed by atoms with Crippen LogP contribution in [0.3, 0.4) is 0 Å². The van der Waals surface area contributed by atoms with Gasteiger partial charge < -0.3 is 28.4 Å². The summed E-state index contributed by atoms with van der Waals surface area (Å²) in [6.45, 7) is 11.6. The molecule has 2 aromatic carbocycles. The first-order chi connectivity index (χ1) is 19.4. The van der Waals surface area contributed by atoms with Crippen molar-refractivity contribution in [3.05, 3.63) is 59.7 Å². The average Bonchev–Trinajstić information content (AvgIpc) is 2.91. The highest BCUT2D eigenvalue weighted by molar-refractivity contribution is 5.91. The molecule has 0 aliphatic heterocycles. The molecule has 0 radical (unpaired) electrons. The number of carbonyl (C=O) groups is 4. The summed E-state index contributed by atoms with van der Waals surface area (Å²) < 4.78 is 31.4. The van der Waals surface area contributed by atoms with Crippen molar-refractivity contribution in [3.8, 4) is 11.5 Å². The van der Waals surface area contributed by atoms with Gasteiger partial charge in [0, 0.05) is 5.41 Å². The lowest BCUT2D eigenvalue weighted by Crippen LogP contribution is -2.24. The van der Waals surface area contributed by atoms with E-state index in [1.165, 1.54) is 0 Å². The minimum atomic E-state index is -0.656. The van der Waals surface area contributed by atoms with Gasteiger partial charge >= 0.3 is 23.9 Å². The third kappa shape index (κ3) is 11.5. The number of carbonyl (C=O) groups excluding carboxylic acids is 4. The minimum absolute atomic E-state index is 0.141. The van der Waals surface area contributed by atoms with E-state index in [1.807, 2.05) is 48.5 Å². The van der Waals surface area contributed by atoms with Crippen LogP contribution in [0.4, 0.5) is 0 Å². The summed E-state index contributed by atoms with van der Waals surface area (Å²) >= 11 is 0. The average molecular weight is 573 g/mol. The number of hydrogen-bond acceptors (Lipinski definition) is 10. The van der Waals surface area contributed by atoms with Crippen LogP contribution in [0.2, 0.25) is 0 Å². The Hall–Kier alpha value is -4.08. The Balaban J connectivity index is 1.85. The van der Waals surface area contributed by atoms with Crippen molar-refractivity contribution in [2.45, 2.75) is 72.0 Å². The zero-order valence-corrected chi connectivity index (χ0v) is 24.6. The van der Waals surface area contributed by atoms with Gasteiger partial charge in [-0.15, -0.1) is 0 Å². The number of benzene rings is 2. The Bertz CT molecular complexity index is 1050. The third-order valence-corrected chi connectivity index (χ3v) is 5.97. The van der Waals surface area contributed by atoms with E-state index < -0.39 is 48.9 Å². The first kappa shape index (κ1) is 33.1. The maximum Gasteiger partial charge on any atom is 0.317 e. The summed E-state index contributed by atoms with van der Waals surface area (Å²) in [5.41, 5.74) is 1.81. The molecule has 2 unspecified atom stereocenters. The van der Waals surface area contributed by atoms with Crippen molar-refractivity contribution in [2.24, 2.45) is 0 Å². The van der Waals surface area contributed by atoms with Gasteiger partial charge in [0.05, 0.1) is 13.2 Å². The van der Waals surface area contributed by atoms with Gasteiger partial charge in [-0.05, 0) is 63.1 Å². The molecule has 0 aliphatic carbocycles. The van der Waals surface area contributed by atoms with E-state index in [0.717, 1.165) is 11.1 Å². The highest BCUT2D eigenvalue weighted by atomic mass is 16.6. The van der Waals surface area contributed by atoms with E-state index in [-0.39, 0.29) is 31.8 Å². The van der Waals surface area contributed by atoms with Gasteiger partial charge in [-0.3, -0.25) is 19.2 Å². The van der Waals surface area contributed by atoms with E-state index in [0.29, 0.717) is 11.5 Å². The second-order valence-electron chi connectivity index (χ2n) is 9.86. The summed E-state index contributed by atoms with van der Waals surface area (Å²) in [4.78, 5) is 46.4. The maximum atomic E-state index is 11.8. The molecule has 10 heteroatoms. The second-order valence-corrected chi connectivity index (χ2v) is 9.86. The van der Waals surface area contributed by atoms with Crippen LogP contribution < -0.4 is 9.47 Å². The zero-order chi connectivity index (χ0) is 30.4. The lowest BCUT2D eigenvalue weighted by Gasteiger charge is -2.26. The van der Waals surface area contributed by atoms with Crippen LogP contribution in [0, 0.1) is 0 Å². The molecule has 224 valence electrons. The van der Waals surface area contributed by atoms with Crippen LogP contribution in [-0.2, 0) is 43.5 Å². The second kappa shape index (κ2) is 16.2. The van der Waals surface area contributed by atoms with Crippen molar-refractivity contribution in [2.75, 3.05) is 26.4 Å². The van der Waals surface area contributed by atoms with Gasteiger partial charge in [-0.25, -0.2) is 0 Å². The van der Waals surface area contributed by atoms with E-state index in [9.17, 15) is 19.2 Å². The highest BCUT2D eigenvalue weighted by Gasteiger charge is 2.23. The van der Waals surface area contributed by atoms with Gasteiger partial charge in [0.2, 0.25) is 0 Å². The molecule has 10 nitrogen and oxygen atoms in total. The molecular formula is C31H40O10. The maximum absolute atomic E-state index is 11.8. The van der Waals surface area contributed by atoms with Gasteiger partial charge in [-0.1, -0.05) is 38.1 Å². The first-order valence-corrected chi connectivity index (χ1v) is 13.6. The van der Waals surface area contributed by atoms with Crippen LogP contribution in [0.5, 0.6) is 11.5 Å². The third-order valence-electron chi connectivity index (χ3n) is 5.97. The Kier molecular flexibility index (Phi) is 13.1. The van der Waals surface area contributed by atoms with E-state index in [4.69, 9.17) is 28.4 Å². The van der Waals surface area contributed by atoms with Crippen molar-refractivity contribution in [1.29, 1.82) is 0 Å². The minimum Gasteiger partial charge on any atom is -0.490 e. The molecule has 0 saturated heterocycles. The molecule has 0 heterocycles.